The molecule has 2 aromatic heterocycles. The fourth-order valence-corrected chi connectivity index (χ4v) is 6.81. The summed E-state index contributed by atoms with van der Waals surface area (Å²) in [6.07, 6.45) is 7.32. The van der Waals surface area contributed by atoms with Crippen LogP contribution in [0.4, 0.5) is 27.7 Å². The zero-order valence-electron chi connectivity index (χ0n) is 21.9. The van der Waals surface area contributed by atoms with E-state index in [0.717, 1.165) is 55.2 Å². The van der Waals surface area contributed by atoms with Crippen molar-refractivity contribution in [2.45, 2.75) is 31.7 Å². The number of rotatable bonds is 6. The highest BCUT2D eigenvalue weighted by Crippen LogP contribution is 2.46. The van der Waals surface area contributed by atoms with Gasteiger partial charge in [0.05, 0.1) is 5.69 Å². The van der Waals surface area contributed by atoms with Gasteiger partial charge in [0.25, 0.3) is 0 Å². The minimum Gasteiger partial charge on any atom is -0.368 e. The van der Waals surface area contributed by atoms with Crippen LogP contribution in [0.15, 0.2) is 66.9 Å². The van der Waals surface area contributed by atoms with Crippen molar-refractivity contribution in [2.24, 2.45) is 11.8 Å². The van der Waals surface area contributed by atoms with Crippen molar-refractivity contribution in [1.29, 1.82) is 0 Å². The first-order valence-corrected chi connectivity index (χ1v) is 13.9. The van der Waals surface area contributed by atoms with E-state index in [2.05, 4.69) is 30.2 Å². The number of aromatic nitrogens is 4. The summed E-state index contributed by atoms with van der Waals surface area (Å²) in [7, 11) is 0. The van der Waals surface area contributed by atoms with Crippen LogP contribution in [0.2, 0.25) is 0 Å². The first-order valence-electron chi connectivity index (χ1n) is 13.9. The Morgan fingerprint density at radius 2 is 1.74 bits per heavy atom. The van der Waals surface area contributed by atoms with E-state index >= 15 is 4.39 Å². The maximum atomic E-state index is 15.2. The summed E-state index contributed by atoms with van der Waals surface area (Å²) in [6, 6.07) is 19.8. The van der Waals surface area contributed by atoms with Gasteiger partial charge in [0, 0.05) is 44.1 Å². The summed E-state index contributed by atoms with van der Waals surface area (Å²) >= 11 is 0. The quantitative estimate of drug-likeness (QED) is 0.363. The van der Waals surface area contributed by atoms with Gasteiger partial charge in [-0.15, -0.1) is 5.10 Å². The second-order valence-electron chi connectivity index (χ2n) is 11.0. The van der Waals surface area contributed by atoms with E-state index in [0.29, 0.717) is 17.2 Å². The normalized spacial score (nSPS) is 22.9. The van der Waals surface area contributed by atoms with Crippen LogP contribution in [0, 0.1) is 17.7 Å². The summed E-state index contributed by atoms with van der Waals surface area (Å²) in [5.74, 6) is 2.62. The number of nitrogens with zero attached hydrogens (tertiary/aromatic N) is 6. The number of piperazine rings is 1. The fraction of sp³-hybridized carbons (Fsp3) is 0.367. The van der Waals surface area contributed by atoms with Gasteiger partial charge in [-0.1, -0.05) is 36.8 Å². The number of nitrogen functional groups attached to an aromatic ring is 1. The molecule has 2 aromatic carbocycles. The van der Waals surface area contributed by atoms with E-state index in [4.69, 9.17) is 5.73 Å². The van der Waals surface area contributed by atoms with E-state index in [1.54, 1.807) is 6.20 Å². The third-order valence-corrected chi connectivity index (χ3v) is 8.73. The molecule has 3 aliphatic rings. The number of nitrogens with one attached hydrogen (secondary N) is 1. The van der Waals surface area contributed by atoms with Crippen LogP contribution >= 0.6 is 0 Å². The highest BCUT2D eigenvalue weighted by Gasteiger charge is 2.42. The molecule has 9 heteroatoms. The van der Waals surface area contributed by atoms with E-state index in [-0.39, 0.29) is 17.7 Å². The smallest absolute Gasteiger partial charge is 0.248 e. The van der Waals surface area contributed by atoms with Crippen LogP contribution in [0.25, 0.3) is 16.9 Å². The van der Waals surface area contributed by atoms with Gasteiger partial charge in [0.15, 0.2) is 5.82 Å². The molecule has 7 rings (SSSR count). The molecule has 200 valence electrons. The Morgan fingerprint density at radius 1 is 0.897 bits per heavy atom. The van der Waals surface area contributed by atoms with Crippen molar-refractivity contribution < 1.29 is 4.39 Å². The molecule has 3 heterocycles. The first kappa shape index (κ1) is 24.1. The zero-order chi connectivity index (χ0) is 26.3. The molecule has 0 spiro atoms. The molecule has 1 saturated heterocycles. The Labute approximate surface area is 227 Å². The molecule has 0 radical (unpaired) electrons. The van der Waals surface area contributed by atoms with E-state index < -0.39 is 0 Å². The molecule has 39 heavy (non-hydrogen) atoms. The summed E-state index contributed by atoms with van der Waals surface area (Å²) in [6.45, 7) is 3.73. The Bertz CT molecular complexity index is 1460. The zero-order valence-corrected chi connectivity index (χ0v) is 21.9. The lowest BCUT2D eigenvalue weighted by molar-refractivity contribution is 0.134. The predicted molar refractivity (Wildman–Crippen MR) is 152 cm³/mol. The van der Waals surface area contributed by atoms with Crippen LogP contribution in [-0.4, -0.2) is 56.9 Å². The monoisotopic (exact) mass is 524 g/mol. The Kier molecular flexibility index (Phi) is 6.15. The van der Waals surface area contributed by atoms with Gasteiger partial charge in [-0.25, -0.2) is 9.37 Å². The molecule has 8 nitrogen and oxygen atoms in total. The summed E-state index contributed by atoms with van der Waals surface area (Å²) < 4.78 is 16.7. The van der Waals surface area contributed by atoms with Crippen molar-refractivity contribution >= 4 is 23.3 Å². The van der Waals surface area contributed by atoms with E-state index in [1.807, 2.05) is 54.6 Å². The summed E-state index contributed by atoms with van der Waals surface area (Å²) in [4.78, 5) is 13.6. The molecule has 0 amide bonds. The number of hydrogen-bond donors (Lipinski definition) is 2. The predicted octanol–water partition coefficient (Wildman–Crippen LogP) is 5.10. The molecule has 2 unspecified atom stereocenters. The van der Waals surface area contributed by atoms with Crippen LogP contribution < -0.4 is 16.0 Å². The highest BCUT2D eigenvalue weighted by molar-refractivity contribution is 5.65. The van der Waals surface area contributed by atoms with Crippen LogP contribution in [0.1, 0.15) is 25.7 Å². The SMILES string of the molecule is Nc1nc(Nc2ccc(N3CCN([C@H]4CC5CCC4C5)CC3)c(F)c2)nn1-c1cc(-c2ccccc2)ccn1. The maximum Gasteiger partial charge on any atom is 0.248 e. The number of pyridine rings is 1. The minimum absolute atomic E-state index is 0.195. The number of benzene rings is 2. The lowest BCUT2D eigenvalue weighted by atomic mass is 9.93. The van der Waals surface area contributed by atoms with Crippen molar-refractivity contribution in [2.75, 3.05) is 42.1 Å². The van der Waals surface area contributed by atoms with Gasteiger partial charge in [-0.3, -0.25) is 4.90 Å². The van der Waals surface area contributed by atoms with Gasteiger partial charge in [-0.05, 0) is 72.6 Å². The molecule has 1 aliphatic heterocycles. The Balaban J connectivity index is 1.02. The van der Waals surface area contributed by atoms with Crippen molar-refractivity contribution in [3.05, 3.63) is 72.7 Å². The number of halogens is 1. The van der Waals surface area contributed by atoms with Crippen LogP contribution in [-0.2, 0) is 0 Å². The van der Waals surface area contributed by atoms with Crippen LogP contribution in [0.3, 0.4) is 0 Å². The van der Waals surface area contributed by atoms with Crippen molar-refractivity contribution in [1.82, 2.24) is 24.6 Å². The molecular formula is C30H33FN8. The molecule has 2 aliphatic carbocycles. The number of fused-ring (bicyclic) bond motifs is 2. The molecule has 2 bridgehead atoms. The average molecular weight is 525 g/mol. The second-order valence-corrected chi connectivity index (χ2v) is 11.0. The largest absolute Gasteiger partial charge is 0.368 e. The average Bonchev–Trinajstić information content (AvgIpc) is 3.70. The van der Waals surface area contributed by atoms with Gasteiger partial charge in [0.1, 0.15) is 5.82 Å². The van der Waals surface area contributed by atoms with Crippen molar-refractivity contribution in [3.63, 3.8) is 0 Å². The molecule has 3 fully saturated rings. The van der Waals surface area contributed by atoms with Gasteiger partial charge < -0.3 is 16.0 Å². The number of nitrogens with two attached hydrogens (primary N) is 1. The van der Waals surface area contributed by atoms with Gasteiger partial charge >= 0.3 is 0 Å². The Morgan fingerprint density at radius 3 is 2.49 bits per heavy atom. The van der Waals surface area contributed by atoms with Crippen molar-refractivity contribution in [3.8, 4) is 16.9 Å². The second kappa shape index (κ2) is 9.96. The molecule has 3 atom stereocenters. The third-order valence-electron chi connectivity index (χ3n) is 8.73. The lowest BCUT2D eigenvalue weighted by Crippen LogP contribution is -2.52. The minimum atomic E-state index is -0.252. The van der Waals surface area contributed by atoms with Crippen LogP contribution in [0.5, 0.6) is 0 Å². The molecule has 2 saturated carbocycles. The first-order chi connectivity index (χ1) is 19.1. The van der Waals surface area contributed by atoms with E-state index in [1.165, 1.54) is 36.4 Å². The lowest BCUT2D eigenvalue weighted by Gasteiger charge is -2.41. The van der Waals surface area contributed by atoms with Gasteiger partial charge in [0.2, 0.25) is 11.9 Å². The topological polar surface area (TPSA) is 88.1 Å². The number of anilines is 4. The maximum absolute atomic E-state index is 15.2. The third kappa shape index (κ3) is 4.71. The Hall–Kier alpha value is -3.98. The summed E-state index contributed by atoms with van der Waals surface area (Å²) in [5.41, 5.74) is 9.45. The molecule has 4 aromatic rings. The highest BCUT2D eigenvalue weighted by atomic mass is 19.1. The summed E-state index contributed by atoms with van der Waals surface area (Å²) in [5, 5.41) is 7.58. The molecule has 3 N–H and O–H groups in total. The van der Waals surface area contributed by atoms with Gasteiger partial charge in [-0.2, -0.15) is 9.67 Å². The molecular weight excluding hydrogens is 491 g/mol. The fourth-order valence-electron chi connectivity index (χ4n) is 6.81. The number of hydrogen-bond acceptors (Lipinski definition) is 7. The van der Waals surface area contributed by atoms with E-state index in [9.17, 15) is 0 Å². The standard InChI is InChI=1S/C30H33FN8/c31-25-19-24(8-9-26(25)37-12-14-38(15-13-37)27-17-20-6-7-23(27)16-20)34-30-35-29(32)39(36-30)28-18-22(10-11-33-28)21-4-2-1-3-5-21/h1-5,8-11,18-20,23,27H,6-7,12-17H2,(H3,32,34,35,36)/t20?,23?,27-/m0/s1.